The van der Waals surface area contributed by atoms with Crippen LogP contribution in [0.15, 0.2) is 46.2 Å². The van der Waals surface area contributed by atoms with Gasteiger partial charge in [0.05, 0.1) is 21.2 Å². The van der Waals surface area contributed by atoms with Gasteiger partial charge in [-0.2, -0.15) is 0 Å². The number of sulfonamides is 2. The molecule has 2 aromatic rings. The summed E-state index contributed by atoms with van der Waals surface area (Å²) in [6.45, 7) is 1.61. The second-order valence-corrected chi connectivity index (χ2v) is 10.1. The third-order valence-electron chi connectivity index (χ3n) is 4.67. The summed E-state index contributed by atoms with van der Waals surface area (Å²) in [5.41, 5.74) is 1.27. The lowest BCUT2D eigenvalue weighted by Crippen LogP contribution is -2.36. The summed E-state index contributed by atoms with van der Waals surface area (Å²) in [5, 5.41) is 7.76. The standard InChI is InChI=1S/C17H17N3O6S2/c1-10-6-11-7-12(27(18,22)23)2-4-15(11)20(10)28(24,25)13-3-5-16-14(8-13)19-17(21)9-26-16/h2-5,7-8,10H,6,9H2,1H3,(H,19,21)(H2,18,22,23). The molecule has 0 aliphatic carbocycles. The second-order valence-electron chi connectivity index (χ2n) is 6.68. The summed E-state index contributed by atoms with van der Waals surface area (Å²) in [7, 11) is -7.84. The van der Waals surface area contributed by atoms with Crippen molar-refractivity contribution in [3.05, 3.63) is 42.0 Å². The molecule has 0 saturated carbocycles. The van der Waals surface area contributed by atoms with Crippen molar-refractivity contribution in [3.8, 4) is 5.75 Å². The quantitative estimate of drug-likeness (QED) is 0.750. The highest BCUT2D eigenvalue weighted by Gasteiger charge is 2.37. The Morgan fingerprint density at radius 1 is 1.11 bits per heavy atom. The minimum atomic E-state index is -3.95. The van der Waals surface area contributed by atoms with E-state index in [9.17, 15) is 21.6 Å². The van der Waals surface area contributed by atoms with Gasteiger partial charge in [-0.1, -0.05) is 0 Å². The number of amides is 1. The predicted octanol–water partition coefficient (Wildman–Crippen LogP) is 0.805. The molecule has 148 valence electrons. The van der Waals surface area contributed by atoms with Crippen molar-refractivity contribution in [2.75, 3.05) is 16.2 Å². The van der Waals surface area contributed by atoms with E-state index in [1.807, 2.05) is 0 Å². The molecule has 3 N–H and O–H groups in total. The highest BCUT2D eigenvalue weighted by Crippen LogP contribution is 2.39. The van der Waals surface area contributed by atoms with E-state index < -0.39 is 26.1 Å². The van der Waals surface area contributed by atoms with Gasteiger partial charge < -0.3 is 10.1 Å². The summed E-state index contributed by atoms with van der Waals surface area (Å²) in [4.78, 5) is 11.4. The predicted molar refractivity (Wildman–Crippen MR) is 101 cm³/mol. The maximum atomic E-state index is 13.3. The summed E-state index contributed by atoms with van der Waals surface area (Å²) >= 11 is 0. The first-order valence-electron chi connectivity index (χ1n) is 8.34. The molecule has 0 fully saturated rings. The summed E-state index contributed by atoms with van der Waals surface area (Å²) in [5.74, 6) is 0.0312. The van der Waals surface area contributed by atoms with E-state index in [2.05, 4.69) is 5.32 Å². The molecule has 1 amide bonds. The molecule has 0 aromatic heterocycles. The van der Waals surface area contributed by atoms with Crippen LogP contribution in [-0.2, 0) is 31.3 Å². The van der Waals surface area contributed by atoms with Gasteiger partial charge in [0.15, 0.2) is 6.61 Å². The number of carbonyl (C=O) groups is 1. The molecule has 1 atom stereocenters. The number of nitrogens with two attached hydrogens (primary N) is 1. The maximum absolute atomic E-state index is 13.3. The number of primary sulfonamides is 1. The molecule has 1 unspecified atom stereocenters. The summed E-state index contributed by atoms with van der Waals surface area (Å²) in [6, 6.07) is 7.97. The lowest BCUT2D eigenvalue weighted by molar-refractivity contribution is -0.118. The van der Waals surface area contributed by atoms with Crippen molar-refractivity contribution in [3.63, 3.8) is 0 Å². The van der Waals surface area contributed by atoms with Gasteiger partial charge in [0.2, 0.25) is 10.0 Å². The number of hydrogen-bond acceptors (Lipinski definition) is 6. The number of benzene rings is 2. The molecule has 2 heterocycles. The molecule has 4 rings (SSSR count). The molecule has 0 radical (unpaired) electrons. The van der Waals surface area contributed by atoms with Crippen molar-refractivity contribution in [2.45, 2.75) is 29.2 Å². The molecular formula is C17H17N3O6S2. The zero-order valence-corrected chi connectivity index (χ0v) is 16.4. The molecular weight excluding hydrogens is 406 g/mol. The van der Waals surface area contributed by atoms with Crippen LogP contribution in [0.25, 0.3) is 0 Å². The van der Waals surface area contributed by atoms with Crippen LogP contribution in [0.2, 0.25) is 0 Å². The Balaban J connectivity index is 1.77. The zero-order chi connectivity index (χ0) is 20.3. The zero-order valence-electron chi connectivity index (χ0n) is 14.7. The first-order chi connectivity index (χ1) is 13.1. The van der Waals surface area contributed by atoms with Crippen molar-refractivity contribution < 1.29 is 26.4 Å². The van der Waals surface area contributed by atoms with E-state index in [4.69, 9.17) is 9.88 Å². The Hall–Kier alpha value is -2.63. The minimum Gasteiger partial charge on any atom is -0.482 e. The topological polar surface area (TPSA) is 136 Å². The first-order valence-corrected chi connectivity index (χ1v) is 11.3. The van der Waals surface area contributed by atoms with Gasteiger partial charge in [0.25, 0.3) is 15.9 Å². The normalized spacial score (nSPS) is 18.9. The lowest BCUT2D eigenvalue weighted by Gasteiger charge is -2.25. The van der Waals surface area contributed by atoms with Gasteiger partial charge in [-0.3, -0.25) is 9.10 Å². The van der Waals surface area contributed by atoms with Crippen LogP contribution < -0.4 is 19.5 Å². The van der Waals surface area contributed by atoms with Gasteiger partial charge in [0, 0.05) is 6.04 Å². The average molecular weight is 423 g/mol. The third-order valence-corrected chi connectivity index (χ3v) is 7.51. The number of carbonyl (C=O) groups excluding carboxylic acids is 1. The van der Waals surface area contributed by atoms with Crippen molar-refractivity contribution in [1.82, 2.24) is 0 Å². The van der Waals surface area contributed by atoms with Crippen LogP contribution in [0.1, 0.15) is 12.5 Å². The molecule has 2 aromatic carbocycles. The van der Waals surface area contributed by atoms with E-state index >= 15 is 0 Å². The molecule has 0 spiro atoms. The Morgan fingerprint density at radius 3 is 2.54 bits per heavy atom. The molecule has 11 heteroatoms. The largest absolute Gasteiger partial charge is 0.482 e. The molecule has 0 bridgehead atoms. The van der Waals surface area contributed by atoms with Gasteiger partial charge in [0.1, 0.15) is 5.75 Å². The Labute approximate surface area is 162 Å². The van der Waals surface area contributed by atoms with Crippen LogP contribution in [0.4, 0.5) is 11.4 Å². The van der Waals surface area contributed by atoms with Crippen molar-refractivity contribution in [1.29, 1.82) is 0 Å². The van der Waals surface area contributed by atoms with Crippen LogP contribution in [0.5, 0.6) is 5.75 Å². The molecule has 9 nitrogen and oxygen atoms in total. The van der Waals surface area contributed by atoms with Crippen LogP contribution in [0.3, 0.4) is 0 Å². The highest BCUT2D eigenvalue weighted by molar-refractivity contribution is 7.93. The fourth-order valence-electron chi connectivity index (χ4n) is 3.46. The third kappa shape index (κ3) is 3.01. The van der Waals surface area contributed by atoms with E-state index in [-0.39, 0.29) is 28.0 Å². The summed E-state index contributed by atoms with van der Waals surface area (Å²) in [6.07, 6.45) is 0.350. The number of nitrogens with one attached hydrogen (secondary N) is 1. The molecule has 2 aliphatic heterocycles. The van der Waals surface area contributed by atoms with Crippen LogP contribution in [0, 0.1) is 0 Å². The fraction of sp³-hybridized carbons (Fsp3) is 0.235. The average Bonchev–Trinajstić information content (AvgIpc) is 2.95. The number of hydrogen-bond donors (Lipinski definition) is 2. The van der Waals surface area contributed by atoms with Gasteiger partial charge in [-0.15, -0.1) is 0 Å². The van der Waals surface area contributed by atoms with Crippen LogP contribution in [-0.4, -0.2) is 35.4 Å². The highest BCUT2D eigenvalue weighted by atomic mass is 32.2. The van der Waals surface area contributed by atoms with Crippen molar-refractivity contribution >= 4 is 37.3 Å². The van der Waals surface area contributed by atoms with Gasteiger partial charge >= 0.3 is 0 Å². The van der Waals surface area contributed by atoms with E-state index in [1.54, 1.807) is 6.92 Å². The SMILES string of the molecule is CC1Cc2cc(S(N)(=O)=O)ccc2N1S(=O)(=O)c1ccc2c(c1)NC(=O)CO2. The van der Waals surface area contributed by atoms with Gasteiger partial charge in [-0.25, -0.2) is 22.0 Å². The second kappa shape index (κ2) is 6.19. The number of ether oxygens (including phenoxy) is 1. The Kier molecular flexibility index (Phi) is 4.14. The van der Waals surface area contributed by atoms with Crippen molar-refractivity contribution in [2.24, 2.45) is 5.14 Å². The lowest BCUT2D eigenvalue weighted by atomic mass is 10.1. The van der Waals surface area contributed by atoms with Gasteiger partial charge in [-0.05, 0) is 55.3 Å². The molecule has 2 aliphatic rings. The number of nitrogens with zero attached hydrogens (tertiary/aromatic N) is 1. The number of anilines is 2. The maximum Gasteiger partial charge on any atom is 0.264 e. The number of rotatable bonds is 3. The van der Waals surface area contributed by atoms with E-state index in [0.29, 0.717) is 23.4 Å². The first kappa shape index (κ1) is 18.7. The molecule has 28 heavy (non-hydrogen) atoms. The fourth-order valence-corrected chi connectivity index (χ4v) is 5.74. The van der Waals surface area contributed by atoms with E-state index in [0.717, 1.165) is 0 Å². The minimum absolute atomic E-state index is 0.00715. The molecule has 0 saturated heterocycles. The smallest absolute Gasteiger partial charge is 0.264 e. The number of fused-ring (bicyclic) bond motifs is 2. The van der Waals surface area contributed by atoms with E-state index in [1.165, 1.54) is 40.7 Å². The van der Waals surface area contributed by atoms with Crippen LogP contribution >= 0.6 is 0 Å². The Bertz CT molecular complexity index is 1210. The monoisotopic (exact) mass is 423 g/mol. The Morgan fingerprint density at radius 2 is 1.82 bits per heavy atom. The summed E-state index contributed by atoms with van der Waals surface area (Å²) < 4.78 is 56.2.